The first-order valence-electron chi connectivity index (χ1n) is 6.97. The van der Waals surface area contributed by atoms with Gasteiger partial charge in [-0.25, -0.2) is 9.59 Å². The van der Waals surface area contributed by atoms with Crippen LogP contribution in [0.4, 0.5) is 13.7 Å². The normalized spacial score (nSPS) is 11.8. The standard InChI is InChI=1S/C13H24FNO4.CH3F/c1-5-10(11(16)19-14)8-6-7-9-15-12(17)18-13(2,3)4;1-2/h10H,5-9H2,1-4H3,(H,15,17);1H3. The summed E-state index contributed by atoms with van der Waals surface area (Å²) in [6.45, 7) is 7.65. The Bertz CT molecular complexity index is 293. The van der Waals surface area contributed by atoms with E-state index in [-0.39, 0.29) is 0 Å². The predicted molar refractivity (Wildman–Crippen MR) is 76.1 cm³/mol. The van der Waals surface area contributed by atoms with Gasteiger partial charge in [-0.05, 0) is 40.0 Å². The number of hydrogen-bond donors (Lipinski definition) is 1. The summed E-state index contributed by atoms with van der Waals surface area (Å²) in [6.07, 6.45) is 2.05. The Balaban J connectivity index is 0. The Kier molecular flexibility index (Phi) is 12.9. The van der Waals surface area contributed by atoms with Crippen LogP contribution in [0.25, 0.3) is 0 Å². The lowest BCUT2D eigenvalue weighted by atomic mass is 9.99. The van der Waals surface area contributed by atoms with Crippen molar-refractivity contribution in [1.82, 2.24) is 5.32 Å². The maximum Gasteiger partial charge on any atom is 0.407 e. The Morgan fingerprint density at radius 2 is 1.76 bits per heavy atom. The molecule has 0 spiro atoms. The molecule has 1 amide bonds. The van der Waals surface area contributed by atoms with Gasteiger partial charge in [0.15, 0.2) is 0 Å². The summed E-state index contributed by atoms with van der Waals surface area (Å²) >= 11 is 0. The van der Waals surface area contributed by atoms with Crippen LogP contribution in [0, 0.1) is 5.92 Å². The second-order valence-electron chi connectivity index (χ2n) is 5.43. The van der Waals surface area contributed by atoms with Crippen LogP contribution in [0.5, 0.6) is 0 Å². The molecule has 0 rings (SSSR count). The van der Waals surface area contributed by atoms with Gasteiger partial charge < -0.3 is 10.1 Å². The number of alkyl halides is 1. The third-order valence-corrected chi connectivity index (χ3v) is 2.55. The molecule has 1 N–H and O–H groups in total. The molecule has 7 heteroatoms. The number of nitrogens with one attached hydrogen (secondary N) is 1. The van der Waals surface area contributed by atoms with Crippen molar-refractivity contribution in [3.05, 3.63) is 0 Å². The average Bonchev–Trinajstić information content (AvgIpc) is 2.42. The lowest BCUT2D eigenvalue weighted by Crippen LogP contribution is -2.33. The van der Waals surface area contributed by atoms with Crippen LogP contribution in [-0.4, -0.2) is 31.4 Å². The minimum atomic E-state index is -0.817. The fraction of sp³-hybridized carbons (Fsp3) is 0.857. The molecule has 5 nitrogen and oxygen atoms in total. The van der Waals surface area contributed by atoms with E-state index in [1.807, 2.05) is 0 Å². The molecular formula is C14H27F2NO4. The van der Waals surface area contributed by atoms with Crippen molar-refractivity contribution in [3.63, 3.8) is 0 Å². The van der Waals surface area contributed by atoms with Crippen LogP contribution in [0.15, 0.2) is 0 Å². The molecule has 0 aromatic carbocycles. The maximum absolute atomic E-state index is 11.7. The van der Waals surface area contributed by atoms with Gasteiger partial charge in [-0.15, -0.1) is 0 Å². The number of ether oxygens (including phenoxy) is 1. The Morgan fingerprint density at radius 3 is 2.19 bits per heavy atom. The summed E-state index contributed by atoms with van der Waals surface area (Å²) in [4.78, 5) is 25.5. The average molecular weight is 311 g/mol. The van der Waals surface area contributed by atoms with Gasteiger partial charge in [0, 0.05) is 11.1 Å². The molecule has 0 aromatic heterocycles. The van der Waals surface area contributed by atoms with Crippen LogP contribution in [0.1, 0.15) is 53.4 Å². The lowest BCUT2D eigenvalue weighted by Gasteiger charge is -2.19. The van der Waals surface area contributed by atoms with Gasteiger partial charge in [-0.2, -0.15) is 0 Å². The molecule has 0 aromatic rings. The molecule has 0 saturated carbocycles. The van der Waals surface area contributed by atoms with E-state index in [0.29, 0.717) is 39.4 Å². The van der Waals surface area contributed by atoms with Crippen LogP contribution in [0.2, 0.25) is 0 Å². The topological polar surface area (TPSA) is 64.6 Å². The van der Waals surface area contributed by atoms with E-state index in [2.05, 4.69) is 10.3 Å². The molecule has 126 valence electrons. The van der Waals surface area contributed by atoms with Gasteiger partial charge in [-0.3, -0.25) is 9.33 Å². The van der Waals surface area contributed by atoms with Crippen molar-refractivity contribution < 1.29 is 28.2 Å². The summed E-state index contributed by atoms with van der Waals surface area (Å²) < 4.78 is 26.3. The fourth-order valence-corrected chi connectivity index (χ4v) is 1.57. The number of alkyl carbamates (subject to hydrolysis) is 1. The van der Waals surface area contributed by atoms with Crippen LogP contribution in [-0.2, 0) is 14.5 Å². The Labute approximate surface area is 125 Å². The van der Waals surface area contributed by atoms with Crippen molar-refractivity contribution in [3.8, 4) is 0 Å². The molecule has 0 aliphatic heterocycles. The van der Waals surface area contributed by atoms with E-state index in [0.717, 1.165) is 0 Å². The molecule has 21 heavy (non-hydrogen) atoms. The van der Waals surface area contributed by atoms with Gasteiger partial charge in [0.1, 0.15) is 5.60 Å². The maximum atomic E-state index is 11.7. The second kappa shape index (κ2) is 12.3. The van der Waals surface area contributed by atoms with Crippen LogP contribution in [0.3, 0.4) is 0 Å². The highest BCUT2D eigenvalue weighted by atomic mass is 19.3. The molecule has 0 fully saturated rings. The monoisotopic (exact) mass is 311 g/mol. The van der Waals surface area contributed by atoms with E-state index >= 15 is 0 Å². The van der Waals surface area contributed by atoms with Gasteiger partial charge in [-0.1, -0.05) is 13.3 Å². The van der Waals surface area contributed by atoms with E-state index in [1.54, 1.807) is 27.7 Å². The Morgan fingerprint density at radius 1 is 1.19 bits per heavy atom. The van der Waals surface area contributed by atoms with Crippen molar-refractivity contribution in [1.29, 1.82) is 0 Å². The van der Waals surface area contributed by atoms with Crippen LogP contribution < -0.4 is 5.32 Å². The van der Waals surface area contributed by atoms with Crippen molar-refractivity contribution in [2.75, 3.05) is 13.7 Å². The van der Waals surface area contributed by atoms with Gasteiger partial charge in [0.25, 0.3) is 0 Å². The van der Waals surface area contributed by atoms with Crippen molar-refractivity contribution in [2.24, 2.45) is 5.92 Å². The van der Waals surface area contributed by atoms with E-state index in [4.69, 9.17) is 4.74 Å². The van der Waals surface area contributed by atoms with E-state index in [1.165, 1.54) is 0 Å². The number of unbranched alkanes of at least 4 members (excludes halogenated alkanes) is 1. The lowest BCUT2D eigenvalue weighted by molar-refractivity contribution is -0.189. The number of halogens is 2. The zero-order chi connectivity index (χ0) is 16.9. The third-order valence-electron chi connectivity index (χ3n) is 2.55. The Hall–Kier alpha value is -1.40. The first-order valence-corrected chi connectivity index (χ1v) is 6.97. The highest BCUT2D eigenvalue weighted by Gasteiger charge is 2.18. The van der Waals surface area contributed by atoms with Crippen LogP contribution >= 0.6 is 0 Å². The molecule has 0 aliphatic rings. The second-order valence-corrected chi connectivity index (χ2v) is 5.43. The molecule has 1 unspecified atom stereocenters. The molecular weight excluding hydrogens is 284 g/mol. The first-order chi connectivity index (χ1) is 9.80. The molecule has 0 radical (unpaired) electrons. The number of carbonyl (C=O) groups is 2. The third kappa shape index (κ3) is 13.3. The fourth-order valence-electron chi connectivity index (χ4n) is 1.57. The van der Waals surface area contributed by atoms with E-state index in [9.17, 15) is 18.5 Å². The summed E-state index contributed by atoms with van der Waals surface area (Å²) in [6, 6.07) is 0. The summed E-state index contributed by atoms with van der Waals surface area (Å²) in [5.74, 6) is -1.23. The molecule has 0 aliphatic carbocycles. The predicted octanol–water partition coefficient (Wildman–Crippen LogP) is 3.72. The summed E-state index contributed by atoms with van der Waals surface area (Å²) in [5, 5.41) is 2.62. The summed E-state index contributed by atoms with van der Waals surface area (Å²) in [5.41, 5.74) is -0.512. The minimum Gasteiger partial charge on any atom is -0.444 e. The SMILES string of the molecule is CCC(CCCCNC(=O)OC(C)(C)C)C(=O)OF.CF. The molecule has 0 bridgehead atoms. The first kappa shape index (κ1) is 21.9. The zero-order valence-electron chi connectivity index (χ0n) is 13.5. The van der Waals surface area contributed by atoms with Crippen molar-refractivity contribution >= 4 is 12.1 Å². The van der Waals surface area contributed by atoms with E-state index < -0.39 is 23.6 Å². The van der Waals surface area contributed by atoms with Gasteiger partial charge in [0.2, 0.25) is 0 Å². The van der Waals surface area contributed by atoms with Gasteiger partial charge >= 0.3 is 12.1 Å². The highest BCUT2D eigenvalue weighted by molar-refractivity contribution is 5.71. The zero-order valence-corrected chi connectivity index (χ0v) is 13.5. The molecule has 1 atom stereocenters. The quantitative estimate of drug-likeness (QED) is 0.728. The summed E-state index contributed by atoms with van der Waals surface area (Å²) in [7, 11) is 0.500. The molecule has 0 heterocycles. The van der Waals surface area contributed by atoms with Crippen molar-refractivity contribution in [2.45, 2.75) is 59.0 Å². The highest BCUT2D eigenvalue weighted by Crippen LogP contribution is 2.14. The number of rotatable bonds is 7. The number of amides is 1. The number of hydrogen-bond acceptors (Lipinski definition) is 4. The minimum absolute atomic E-state index is 0.411. The smallest absolute Gasteiger partial charge is 0.407 e. The number of carbonyl (C=O) groups excluding carboxylic acids is 2. The molecule has 0 saturated heterocycles. The largest absolute Gasteiger partial charge is 0.444 e. The van der Waals surface area contributed by atoms with Gasteiger partial charge in [0.05, 0.1) is 13.1 Å².